The van der Waals surface area contributed by atoms with E-state index in [4.69, 9.17) is 10.00 Å². The topological polar surface area (TPSA) is 69.5 Å². The predicted octanol–water partition coefficient (Wildman–Crippen LogP) is 4.86. The Kier molecular flexibility index (Phi) is 8.43. The highest BCUT2D eigenvalue weighted by Gasteiger charge is 2.28. The number of nitriles is 1. The summed E-state index contributed by atoms with van der Waals surface area (Å²) in [6, 6.07) is 13.2. The fraction of sp³-hybridized carbons (Fsp3) is 0.480. The molecule has 31 heavy (non-hydrogen) atoms. The summed E-state index contributed by atoms with van der Waals surface area (Å²) in [5.74, 6) is 0.980. The minimum Gasteiger partial charge on any atom is -0.439 e. The van der Waals surface area contributed by atoms with Crippen molar-refractivity contribution in [2.45, 2.75) is 52.0 Å². The number of amides is 1. The molecule has 0 radical (unpaired) electrons. The molecule has 0 spiro atoms. The number of hydrogen-bond acceptors (Lipinski definition) is 5. The molecule has 2 aliphatic rings. The van der Waals surface area contributed by atoms with E-state index in [1.807, 2.05) is 4.90 Å². The van der Waals surface area contributed by atoms with Gasteiger partial charge in [-0.2, -0.15) is 5.26 Å². The highest BCUT2D eigenvalue weighted by Crippen LogP contribution is 2.26. The quantitative estimate of drug-likeness (QED) is 0.706. The van der Waals surface area contributed by atoms with E-state index in [0.29, 0.717) is 22.8 Å². The Hall–Kier alpha value is -2.91. The molecule has 6 nitrogen and oxygen atoms in total. The average molecular weight is 421 g/mol. The third-order valence-corrected chi connectivity index (χ3v) is 5.58. The van der Waals surface area contributed by atoms with Crippen LogP contribution in [0.15, 0.2) is 42.6 Å². The van der Waals surface area contributed by atoms with Gasteiger partial charge in [0.2, 0.25) is 5.88 Å². The number of hydrogen-bond donors (Lipinski definition) is 0. The summed E-state index contributed by atoms with van der Waals surface area (Å²) in [5, 5.41) is 8.97. The van der Waals surface area contributed by atoms with Crippen LogP contribution in [0, 0.1) is 11.3 Å². The van der Waals surface area contributed by atoms with Gasteiger partial charge in [-0.25, -0.2) is 4.98 Å². The van der Waals surface area contributed by atoms with Crippen molar-refractivity contribution >= 4 is 5.91 Å². The molecule has 0 bridgehead atoms. The first-order valence-corrected chi connectivity index (χ1v) is 11.3. The second-order valence-electron chi connectivity index (χ2n) is 8.10. The minimum absolute atomic E-state index is 0.0287. The first-order valence-electron chi connectivity index (χ1n) is 11.3. The van der Waals surface area contributed by atoms with Crippen LogP contribution in [-0.4, -0.2) is 52.9 Å². The number of rotatable bonds is 4. The van der Waals surface area contributed by atoms with Gasteiger partial charge in [-0.1, -0.05) is 32.8 Å². The maximum absolute atomic E-state index is 12.9. The maximum atomic E-state index is 12.9. The molecular weight excluding hydrogens is 388 g/mol. The van der Waals surface area contributed by atoms with Crippen molar-refractivity contribution in [3.63, 3.8) is 0 Å². The van der Waals surface area contributed by atoms with Crippen LogP contribution in [0.25, 0.3) is 0 Å². The highest BCUT2D eigenvalue weighted by atomic mass is 16.5. The molecule has 1 amide bonds. The molecule has 164 valence electrons. The summed E-state index contributed by atoms with van der Waals surface area (Å²) in [5.41, 5.74) is 1.11. The lowest BCUT2D eigenvalue weighted by Crippen LogP contribution is -2.42. The fourth-order valence-corrected chi connectivity index (χ4v) is 3.76. The van der Waals surface area contributed by atoms with Crippen LogP contribution in [0.2, 0.25) is 0 Å². The lowest BCUT2D eigenvalue weighted by atomic mass is 9.91. The zero-order valence-corrected chi connectivity index (χ0v) is 18.6. The van der Waals surface area contributed by atoms with Crippen LogP contribution < -0.4 is 4.74 Å². The van der Waals surface area contributed by atoms with Crippen molar-refractivity contribution in [1.82, 2.24) is 14.8 Å². The molecule has 2 heterocycles. The second-order valence-corrected chi connectivity index (χ2v) is 8.10. The zero-order chi connectivity index (χ0) is 22.1. The number of benzene rings is 1. The van der Waals surface area contributed by atoms with Gasteiger partial charge in [0.05, 0.1) is 17.2 Å². The molecule has 4 rings (SSSR count). The number of nitrogens with zero attached hydrogens (tertiary/aromatic N) is 4. The summed E-state index contributed by atoms with van der Waals surface area (Å²) in [7, 11) is 0. The molecule has 1 aromatic carbocycles. The van der Waals surface area contributed by atoms with Crippen LogP contribution in [0.5, 0.6) is 11.6 Å². The summed E-state index contributed by atoms with van der Waals surface area (Å²) >= 11 is 0. The van der Waals surface area contributed by atoms with Gasteiger partial charge in [-0.3, -0.25) is 9.69 Å². The number of pyridine rings is 1. The molecule has 2 fully saturated rings. The number of ether oxygens (including phenoxy) is 1. The van der Waals surface area contributed by atoms with E-state index in [1.54, 1.807) is 42.6 Å². The molecule has 1 saturated heterocycles. The van der Waals surface area contributed by atoms with Crippen LogP contribution in [0.3, 0.4) is 0 Å². The van der Waals surface area contributed by atoms with Crippen molar-refractivity contribution in [1.29, 1.82) is 5.26 Å². The summed E-state index contributed by atoms with van der Waals surface area (Å²) in [6.45, 7) is 7.86. The van der Waals surface area contributed by atoms with E-state index in [1.165, 1.54) is 25.7 Å². The van der Waals surface area contributed by atoms with Gasteiger partial charge in [0.25, 0.3) is 5.91 Å². The first kappa shape index (κ1) is 22.8. The normalized spacial score (nSPS) is 16.9. The van der Waals surface area contributed by atoms with Gasteiger partial charge in [0.1, 0.15) is 5.75 Å². The molecule has 2 aromatic rings. The van der Waals surface area contributed by atoms with E-state index in [9.17, 15) is 4.79 Å². The smallest absolute Gasteiger partial charge is 0.255 e. The largest absolute Gasteiger partial charge is 0.439 e. The molecule has 1 aromatic heterocycles. The molecule has 0 unspecified atom stereocenters. The summed E-state index contributed by atoms with van der Waals surface area (Å²) in [4.78, 5) is 21.6. The molecule has 6 heteroatoms. The Morgan fingerprint density at radius 1 is 1.13 bits per heavy atom. The average Bonchev–Trinajstić information content (AvgIpc) is 2.99. The Balaban J connectivity index is 0.000000858. The molecule has 1 saturated carbocycles. The standard InChI is InChI=1S/C22H24N4O2.C3H8/c23-15-17-4-1-7-20(14-17)28-21-9-8-18(16-24-21)22(27)26-11-3-10-25(12-13-26)19-5-2-6-19;1-3-2/h1,4,7-9,14,16,19H,2-3,5-6,10-13H2;3H2,1-2H3. The van der Waals surface area contributed by atoms with Gasteiger partial charge in [0, 0.05) is 44.5 Å². The third kappa shape index (κ3) is 6.28. The monoisotopic (exact) mass is 420 g/mol. The Morgan fingerprint density at radius 3 is 2.58 bits per heavy atom. The SMILES string of the molecule is CCC.N#Cc1cccc(Oc2ccc(C(=O)N3CCCN(C4CCC4)CC3)cn2)c1. The van der Waals surface area contributed by atoms with Crippen molar-refractivity contribution in [3.05, 3.63) is 53.7 Å². The van der Waals surface area contributed by atoms with E-state index < -0.39 is 0 Å². The number of carbonyl (C=O) groups is 1. The van der Waals surface area contributed by atoms with E-state index in [-0.39, 0.29) is 5.91 Å². The molecule has 0 atom stereocenters. The Labute approximate surface area is 185 Å². The van der Waals surface area contributed by atoms with Crippen molar-refractivity contribution in [3.8, 4) is 17.7 Å². The van der Waals surface area contributed by atoms with Gasteiger partial charge >= 0.3 is 0 Å². The van der Waals surface area contributed by atoms with E-state index >= 15 is 0 Å². The van der Waals surface area contributed by atoms with Crippen LogP contribution in [0.4, 0.5) is 0 Å². The molecular formula is C25H32N4O2. The van der Waals surface area contributed by atoms with Crippen molar-refractivity contribution in [2.24, 2.45) is 0 Å². The van der Waals surface area contributed by atoms with Crippen molar-refractivity contribution in [2.75, 3.05) is 26.2 Å². The van der Waals surface area contributed by atoms with E-state index in [2.05, 4.69) is 29.8 Å². The highest BCUT2D eigenvalue weighted by molar-refractivity contribution is 5.94. The lowest BCUT2D eigenvalue weighted by Gasteiger charge is -2.36. The van der Waals surface area contributed by atoms with Crippen molar-refractivity contribution < 1.29 is 9.53 Å². The van der Waals surface area contributed by atoms with Gasteiger partial charge in [0.15, 0.2) is 0 Å². The Bertz CT molecular complexity index is 887. The second kappa shape index (κ2) is 11.5. The minimum atomic E-state index is 0.0287. The fourth-order valence-electron chi connectivity index (χ4n) is 3.76. The number of aromatic nitrogens is 1. The van der Waals surface area contributed by atoms with Crippen LogP contribution >= 0.6 is 0 Å². The molecule has 1 aliphatic heterocycles. The molecule has 0 N–H and O–H groups in total. The first-order chi connectivity index (χ1) is 15.1. The van der Waals surface area contributed by atoms with Gasteiger partial charge in [-0.15, -0.1) is 0 Å². The predicted molar refractivity (Wildman–Crippen MR) is 121 cm³/mol. The van der Waals surface area contributed by atoms with Gasteiger partial charge in [-0.05, 0) is 43.5 Å². The third-order valence-electron chi connectivity index (χ3n) is 5.58. The maximum Gasteiger partial charge on any atom is 0.255 e. The van der Waals surface area contributed by atoms with E-state index in [0.717, 1.165) is 38.6 Å². The molecule has 1 aliphatic carbocycles. The lowest BCUT2D eigenvalue weighted by molar-refractivity contribution is 0.0749. The van der Waals surface area contributed by atoms with Gasteiger partial charge < -0.3 is 9.64 Å². The Morgan fingerprint density at radius 2 is 1.94 bits per heavy atom. The van der Waals surface area contributed by atoms with Crippen LogP contribution in [-0.2, 0) is 0 Å². The summed E-state index contributed by atoms with van der Waals surface area (Å²) in [6.07, 6.45) is 7.78. The van der Waals surface area contributed by atoms with Crippen LogP contribution in [0.1, 0.15) is 61.9 Å². The summed E-state index contributed by atoms with van der Waals surface area (Å²) < 4.78 is 5.69. The zero-order valence-electron chi connectivity index (χ0n) is 18.6. The number of carbonyl (C=O) groups excluding carboxylic acids is 1.